The summed E-state index contributed by atoms with van der Waals surface area (Å²) in [6.07, 6.45) is -0.264. The van der Waals surface area contributed by atoms with Gasteiger partial charge in [-0.05, 0) is 30.9 Å². The Labute approximate surface area is 198 Å². The molecule has 0 radical (unpaired) electrons. The highest BCUT2D eigenvalue weighted by Crippen LogP contribution is 2.34. The predicted octanol–water partition coefficient (Wildman–Crippen LogP) is 2.76. The Morgan fingerprint density at radius 1 is 1.17 bits per heavy atom. The van der Waals surface area contributed by atoms with Crippen LogP contribution in [-0.4, -0.2) is 62.8 Å². The molecule has 1 aromatic carbocycles. The summed E-state index contributed by atoms with van der Waals surface area (Å²) in [5.74, 6) is -2.20. The third kappa shape index (κ3) is 4.61. The molecule has 5 rings (SSSR count). The van der Waals surface area contributed by atoms with Gasteiger partial charge in [-0.2, -0.15) is 18.2 Å². The second kappa shape index (κ2) is 8.97. The van der Waals surface area contributed by atoms with Crippen molar-refractivity contribution in [1.29, 1.82) is 0 Å². The van der Waals surface area contributed by atoms with Crippen molar-refractivity contribution in [2.75, 3.05) is 13.1 Å². The number of amides is 3. The molecule has 0 unspecified atom stereocenters. The van der Waals surface area contributed by atoms with Gasteiger partial charge in [0.15, 0.2) is 0 Å². The van der Waals surface area contributed by atoms with Crippen LogP contribution < -0.4 is 5.32 Å². The molecule has 35 heavy (non-hydrogen) atoms. The van der Waals surface area contributed by atoms with Gasteiger partial charge in [-0.25, -0.2) is 0 Å². The van der Waals surface area contributed by atoms with Crippen molar-refractivity contribution in [3.8, 4) is 11.4 Å². The molecule has 186 valence electrons. The highest BCUT2D eigenvalue weighted by molar-refractivity contribution is 5.99. The molecule has 3 heterocycles. The molecular formula is C23H24F3N5O4. The van der Waals surface area contributed by atoms with Crippen molar-refractivity contribution in [2.24, 2.45) is 0 Å². The minimum absolute atomic E-state index is 0.0181. The standard InChI is InChI=1S/C23H24F3N5O4/c24-23(25,26)22-28-20(29-35-22)13-7-8-14-11-31(21(34)15(14)10-13)17-5-2-1-4-16(17)27-18(32)12-30-9-3-6-19(30)33/h7-8,10,16-17H,1-6,9,11-12H2,(H,27,32)/t16-,17-/m1/s1. The van der Waals surface area contributed by atoms with Crippen molar-refractivity contribution in [2.45, 2.75) is 63.3 Å². The molecule has 3 aliphatic rings. The van der Waals surface area contributed by atoms with E-state index in [1.165, 1.54) is 6.07 Å². The Hall–Kier alpha value is -3.44. The number of benzene rings is 1. The molecule has 12 heteroatoms. The summed E-state index contributed by atoms with van der Waals surface area (Å²) in [5, 5.41) is 6.43. The van der Waals surface area contributed by atoms with Crippen molar-refractivity contribution >= 4 is 17.7 Å². The zero-order valence-corrected chi connectivity index (χ0v) is 18.8. The van der Waals surface area contributed by atoms with E-state index in [9.17, 15) is 27.6 Å². The molecule has 1 aliphatic carbocycles. The van der Waals surface area contributed by atoms with Crippen LogP contribution in [0, 0.1) is 0 Å². The third-order valence-corrected chi connectivity index (χ3v) is 6.85. The summed E-state index contributed by atoms with van der Waals surface area (Å²) < 4.78 is 42.7. The van der Waals surface area contributed by atoms with Crippen LogP contribution >= 0.6 is 0 Å². The van der Waals surface area contributed by atoms with Crippen LogP contribution in [-0.2, 0) is 22.3 Å². The van der Waals surface area contributed by atoms with E-state index in [1.807, 2.05) is 0 Å². The number of carbonyl (C=O) groups excluding carboxylic acids is 3. The Bertz CT molecular complexity index is 1160. The van der Waals surface area contributed by atoms with Gasteiger partial charge in [-0.3, -0.25) is 14.4 Å². The molecule has 2 aliphatic heterocycles. The molecule has 1 N–H and O–H groups in total. The van der Waals surface area contributed by atoms with Crippen LogP contribution in [0.3, 0.4) is 0 Å². The van der Waals surface area contributed by atoms with Crippen LogP contribution in [0.15, 0.2) is 22.7 Å². The number of alkyl halides is 3. The molecule has 9 nitrogen and oxygen atoms in total. The fourth-order valence-corrected chi connectivity index (χ4v) is 5.14. The van der Waals surface area contributed by atoms with Gasteiger partial charge in [0.1, 0.15) is 0 Å². The molecule has 0 bridgehead atoms. The average Bonchev–Trinajstić information content (AvgIpc) is 3.54. The van der Waals surface area contributed by atoms with Gasteiger partial charge >= 0.3 is 12.1 Å². The molecule has 1 saturated carbocycles. The number of hydrogen-bond acceptors (Lipinski definition) is 6. The molecule has 1 saturated heterocycles. The Morgan fingerprint density at radius 3 is 2.69 bits per heavy atom. The Morgan fingerprint density at radius 2 is 1.97 bits per heavy atom. The van der Waals surface area contributed by atoms with Crippen LogP contribution in [0.1, 0.15) is 60.3 Å². The summed E-state index contributed by atoms with van der Waals surface area (Å²) in [4.78, 5) is 44.5. The number of nitrogens with zero attached hydrogens (tertiary/aromatic N) is 4. The van der Waals surface area contributed by atoms with Crippen molar-refractivity contribution in [3.63, 3.8) is 0 Å². The molecule has 3 amide bonds. The summed E-state index contributed by atoms with van der Waals surface area (Å²) in [6.45, 7) is 0.938. The van der Waals surface area contributed by atoms with Crippen molar-refractivity contribution in [3.05, 3.63) is 35.2 Å². The maximum atomic E-state index is 13.3. The SMILES string of the molecule is O=C(CN1CCCC1=O)N[C@@H]1CCCC[C@H]1N1Cc2ccc(-c3noc(C(F)(F)F)n3)cc2C1=O. The first-order valence-electron chi connectivity index (χ1n) is 11.6. The largest absolute Gasteiger partial charge is 0.471 e. The minimum atomic E-state index is -4.75. The lowest BCUT2D eigenvalue weighted by Crippen LogP contribution is -2.54. The van der Waals surface area contributed by atoms with E-state index in [0.29, 0.717) is 25.1 Å². The summed E-state index contributed by atoms with van der Waals surface area (Å²) in [6, 6.07) is 4.28. The van der Waals surface area contributed by atoms with E-state index in [0.717, 1.165) is 37.7 Å². The molecule has 2 aromatic rings. The van der Waals surface area contributed by atoms with Gasteiger partial charge in [0, 0.05) is 36.7 Å². The van der Waals surface area contributed by atoms with Gasteiger partial charge < -0.3 is 19.6 Å². The lowest BCUT2D eigenvalue weighted by atomic mass is 9.89. The molecule has 2 fully saturated rings. The maximum Gasteiger partial charge on any atom is 0.471 e. The van der Waals surface area contributed by atoms with Gasteiger partial charge in [0.05, 0.1) is 12.6 Å². The van der Waals surface area contributed by atoms with Crippen molar-refractivity contribution in [1.82, 2.24) is 25.3 Å². The second-order valence-electron chi connectivity index (χ2n) is 9.17. The van der Waals surface area contributed by atoms with Crippen molar-refractivity contribution < 1.29 is 32.1 Å². The first kappa shape index (κ1) is 23.3. The number of likely N-dealkylation sites (tertiary alicyclic amines) is 1. The van der Waals surface area contributed by atoms with E-state index >= 15 is 0 Å². The maximum absolute atomic E-state index is 13.3. The number of halogens is 3. The van der Waals surface area contributed by atoms with Crippen LogP contribution in [0.4, 0.5) is 13.2 Å². The van der Waals surface area contributed by atoms with Gasteiger partial charge in [0.25, 0.3) is 5.91 Å². The number of nitrogens with one attached hydrogen (secondary N) is 1. The predicted molar refractivity (Wildman–Crippen MR) is 115 cm³/mol. The smallest absolute Gasteiger partial charge is 0.350 e. The van der Waals surface area contributed by atoms with Gasteiger partial charge in [-0.1, -0.05) is 30.1 Å². The number of rotatable bonds is 5. The zero-order chi connectivity index (χ0) is 24.7. The zero-order valence-electron chi connectivity index (χ0n) is 18.8. The Balaban J connectivity index is 1.30. The summed E-state index contributed by atoms with van der Waals surface area (Å²) in [7, 11) is 0. The van der Waals surface area contributed by atoms with E-state index in [1.54, 1.807) is 21.9 Å². The van der Waals surface area contributed by atoms with E-state index in [-0.39, 0.29) is 47.7 Å². The fourth-order valence-electron chi connectivity index (χ4n) is 5.14. The average molecular weight is 491 g/mol. The number of carbonyl (C=O) groups is 3. The second-order valence-corrected chi connectivity index (χ2v) is 9.17. The molecule has 1 aromatic heterocycles. The summed E-state index contributed by atoms with van der Waals surface area (Å²) in [5.41, 5.74) is 1.37. The van der Waals surface area contributed by atoms with Gasteiger partial charge in [0.2, 0.25) is 17.6 Å². The molecule has 2 atom stereocenters. The first-order valence-corrected chi connectivity index (χ1v) is 11.6. The highest BCUT2D eigenvalue weighted by Gasteiger charge is 2.40. The Kier molecular flexibility index (Phi) is 5.97. The quantitative estimate of drug-likeness (QED) is 0.689. The number of hydrogen-bond donors (Lipinski definition) is 1. The van der Waals surface area contributed by atoms with E-state index in [4.69, 9.17) is 0 Å². The minimum Gasteiger partial charge on any atom is -0.350 e. The summed E-state index contributed by atoms with van der Waals surface area (Å²) >= 11 is 0. The first-order chi connectivity index (χ1) is 16.7. The van der Waals surface area contributed by atoms with E-state index in [2.05, 4.69) is 20.0 Å². The van der Waals surface area contributed by atoms with Crippen LogP contribution in [0.25, 0.3) is 11.4 Å². The van der Waals surface area contributed by atoms with Crippen LogP contribution in [0.5, 0.6) is 0 Å². The molecule has 0 spiro atoms. The monoisotopic (exact) mass is 491 g/mol. The molecular weight excluding hydrogens is 467 g/mol. The lowest BCUT2D eigenvalue weighted by molar-refractivity contribution is -0.159. The topological polar surface area (TPSA) is 109 Å². The van der Waals surface area contributed by atoms with Crippen LogP contribution in [0.2, 0.25) is 0 Å². The number of fused-ring (bicyclic) bond motifs is 1. The van der Waals surface area contributed by atoms with Gasteiger partial charge in [-0.15, -0.1) is 0 Å². The highest BCUT2D eigenvalue weighted by atomic mass is 19.4. The number of aromatic nitrogens is 2. The van der Waals surface area contributed by atoms with E-state index < -0.39 is 12.1 Å². The normalized spacial score (nSPS) is 22.6. The fraction of sp³-hybridized carbons (Fsp3) is 0.522. The third-order valence-electron chi connectivity index (χ3n) is 6.85. The lowest BCUT2D eigenvalue weighted by Gasteiger charge is -2.38.